The van der Waals surface area contributed by atoms with E-state index in [1.54, 1.807) is 0 Å². The van der Waals surface area contributed by atoms with E-state index in [2.05, 4.69) is 47.9 Å². The van der Waals surface area contributed by atoms with E-state index in [1.165, 1.54) is 36.9 Å². The first-order valence-corrected chi connectivity index (χ1v) is 12.9. The molecule has 2 unspecified atom stereocenters. The van der Waals surface area contributed by atoms with Gasteiger partial charge in [-0.15, -0.1) is 0 Å². The van der Waals surface area contributed by atoms with E-state index in [-0.39, 0.29) is 5.92 Å². The Balaban J connectivity index is 1.22. The Morgan fingerprint density at radius 2 is 1.71 bits per heavy atom. The van der Waals surface area contributed by atoms with E-state index in [0.717, 1.165) is 69.9 Å². The Hall–Kier alpha value is -1.39. The maximum atomic E-state index is 13.6. The van der Waals surface area contributed by atoms with E-state index in [1.807, 2.05) is 0 Å². The number of para-hydroxylation sites is 1. The van der Waals surface area contributed by atoms with E-state index in [9.17, 15) is 4.79 Å². The number of nitrogens with zero attached hydrogens (tertiary/aromatic N) is 2. The van der Waals surface area contributed by atoms with Crippen molar-refractivity contribution in [3.05, 3.63) is 29.8 Å². The summed E-state index contributed by atoms with van der Waals surface area (Å²) in [6, 6.07) is 9.70. The van der Waals surface area contributed by atoms with Crippen molar-refractivity contribution in [1.82, 2.24) is 4.90 Å². The highest BCUT2D eigenvalue weighted by atomic mass is 16.5. The van der Waals surface area contributed by atoms with Crippen LogP contribution in [-0.4, -0.2) is 49.2 Å². The fourth-order valence-corrected chi connectivity index (χ4v) is 6.77. The minimum absolute atomic E-state index is 0.0345. The molecule has 4 nitrogen and oxygen atoms in total. The van der Waals surface area contributed by atoms with Crippen molar-refractivity contribution in [3.63, 3.8) is 0 Å². The summed E-state index contributed by atoms with van der Waals surface area (Å²) in [5.74, 6) is 2.67. The maximum absolute atomic E-state index is 13.6. The van der Waals surface area contributed by atoms with Crippen LogP contribution in [0.25, 0.3) is 0 Å². The van der Waals surface area contributed by atoms with Gasteiger partial charge in [-0.1, -0.05) is 32.0 Å². The van der Waals surface area contributed by atoms with Crippen LogP contribution >= 0.6 is 0 Å². The molecule has 3 heterocycles. The summed E-state index contributed by atoms with van der Waals surface area (Å²) in [5.41, 5.74) is 2.45. The molecule has 1 aromatic carbocycles. The monoisotopic (exact) mass is 424 g/mol. The quantitative estimate of drug-likeness (QED) is 0.649. The van der Waals surface area contributed by atoms with E-state index >= 15 is 0 Å². The zero-order valence-corrected chi connectivity index (χ0v) is 19.5. The SMILES string of the molecule is CC(C)[C@H]1CC[C@@H](N2CCC(N3C(=O)C(CC4CCOC4)c4ccccc43)CC2)CC1. The smallest absolute Gasteiger partial charge is 0.234 e. The highest BCUT2D eigenvalue weighted by molar-refractivity contribution is 6.05. The highest BCUT2D eigenvalue weighted by Gasteiger charge is 2.43. The van der Waals surface area contributed by atoms with Crippen LogP contribution in [0.3, 0.4) is 0 Å². The van der Waals surface area contributed by atoms with E-state index in [4.69, 9.17) is 4.74 Å². The van der Waals surface area contributed by atoms with Crippen molar-refractivity contribution < 1.29 is 9.53 Å². The molecule has 1 aliphatic carbocycles. The number of likely N-dealkylation sites (tertiary alicyclic amines) is 1. The number of piperidine rings is 1. The van der Waals surface area contributed by atoms with Crippen LogP contribution in [0.5, 0.6) is 0 Å². The zero-order chi connectivity index (χ0) is 21.4. The fraction of sp³-hybridized carbons (Fsp3) is 0.741. The van der Waals surface area contributed by atoms with Gasteiger partial charge < -0.3 is 14.5 Å². The Kier molecular flexibility index (Phi) is 6.39. The molecule has 4 aliphatic rings. The van der Waals surface area contributed by atoms with Gasteiger partial charge in [0.25, 0.3) is 0 Å². The second-order valence-corrected chi connectivity index (χ2v) is 10.9. The number of ether oxygens (including phenoxy) is 1. The standard InChI is InChI=1S/C27H40N2O2/c1-19(2)21-7-9-22(10-8-21)28-14-11-23(12-15-28)29-26-6-4-3-5-24(26)25(27(29)30)17-20-13-16-31-18-20/h3-6,19-23,25H,7-18H2,1-2H3/t20?,21-,22+,25?. The van der Waals surface area contributed by atoms with Crippen molar-refractivity contribution >= 4 is 11.6 Å². The molecular formula is C27H40N2O2. The number of fused-ring (bicyclic) bond motifs is 1. The first-order valence-electron chi connectivity index (χ1n) is 12.9. The topological polar surface area (TPSA) is 32.8 Å². The number of carbonyl (C=O) groups excluding carboxylic acids is 1. The molecule has 0 radical (unpaired) electrons. The average molecular weight is 425 g/mol. The van der Waals surface area contributed by atoms with Gasteiger partial charge in [-0.2, -0.15) is 0 Å². The molecular weight excluding hydrogens is 384 g/mol. The first kappa shape index (κ1) is 21.5. The van der Waals surface area contributed by atoms with E-state index < -0.39 is 0 Å². The predicted octanol–water partition coefficient (Wildman–Crippen LogP) is 5.22. The van der Waals surface area contributed by atoms with Crippen molar-refractivity contribution in [2.45, 2.75) is 83.2 Å². The Morgan fingerprint density at radius 1 is 0.968 bits per heavy atom. The first-order chi connectivity index (χ1) is 15.1. The summed E-state index contributed by atoms with van der Waals surface area (Å²) < 4.78 is 5.59. The lowest BCUT2D eigenvalue weighted by Crippen LogP contribution is -2.50. The molecule has 0 aromatic heterocycles. The second-order valence-electron chi connectivity index (χ2n) is 10.9. The molecule has 5 rings (SSSR count). The van der Waals surface area contributed by atoms with Crippen molar-refractivity contribution in [2.75, 3.05) is 31.2 Å². The molecule has 170 valence electrons. The lowest BCUT2D eigenvalue weighted by molar-refractivity contribution is -0.120. The number of hydrogen-bond acceptors (Lipinski definition) is 3. The second kappa shape index (κ2) is 9.23. The number of rotatable bonds is 5. The third-order valence-corrected chi connectivity index (χ3v) is 8.77. The highest BCUT2D eigenvalue weighted by Crippen LogP contribution is 2.44. The molecule has 2 saturated heterocycles. The van der Waals surface area contributed by atoms with Gasteiger partial charge in [-0.25, -0.2) is 0 Å². The Morgan fingerprint density at radius 3 is 2.39 bits per heavy atom. The number of amides is 1. The summed E-state index contributed by atoms with van der Waals surface area (Å²) in [5, 5.41) is 0. The zero-order valence-electron chi connectivity index (χ0n) is 19.5. The lowest BCUT2D eigenvalue weighted by atomic mass is 9.79. The van der Waals surface area contributed by atoms with Crippen LogP contribution < -0.4 is 4.90 Å². The molecule has 0 spiro atoms. The summed E-state index contributed by atoms with van der Waals surface area (Å²) in [6.07, 6.45) is 9.80. The Bertz CT molecular complexity index is 756. The van der Waals surface area contributed by atoms with Crippen LogP contribution in [0, 0.1) is 17.8 Å². The van der Waals surface area contributed by atoms with Gasteiger partial charge in [0.05, 0.1) is 5.92 Å². The van der Waals surface area contributed by atoms with Gasteiger partial charge >= 0.3 is 0 Å². The molecule has 1 saturated carbocycles. The van der Waals surface area contributed by atoms with Crippen LogP contribution in [-0.2, 0) is 9.53 Å². The predicted molar refractivity (Wildman–Crippen MR) is 125 cm³/mol. The van der Waals surface area contributed by atoms with Gasteiger partial charge in [0.2, 0.25) is 5.91 Å². The largest absolute Gasteiger partial charge is 0.381 e. The molecule has 3 fully saturated rings. The molecule has 3 aliphatic heterocycles. The molecule has 0 bridgehead atoms. The van der Waals surface area contributed by atoms with Gasteiger partial charge in [0, 0.05) is 44.1 Å². The number of carbonyl (C=O) groups is 1. The summed E-state index contributed by atoms with van der Waals surface area (Å²) in [7, 11) is 0. The van der Waals surface area contributed by atoms with Crippen LogP contribution in [0.1, 0.15) is 76.7 Å². The van der Waals surface area contributed by atoms with Crippen molar-refractivity contribution in [3.8, 4) is 0 Å². The minimum Gasteiger partial charge on any atom is -0.381 e. The molecule has 1 amide bonds. The molecule has 1 aromatic rings. The van der Waals surface area contributed by atoms with Crippen LogP contribution in [0.4, 0.5) is 5.69 Å². The van der Waals surface area contributed by atoms with Gasteiger partial charge in [0.15, 0.2) is 0 Å². The van der Waals surface area contributed by atoms with Crippen LogP contribution in [0.15, 0.2) is 24.3 Å². The number of benzene rings is 1. The molecule has 4 heteroatoms. The van der Waals surface area contributed by atoms with Crippen LogP contribution in [0.2, 0.25) is 0 Å². The summed E-state index contributed by atoms with van der Waals surface area (Å²) in [4.78, 5) is 18.5. The Labute approximate surface area is 188 Å². The number of anilines is 1. The van der Waals surface area contributed by atoms with Gasteiger partial charge in [-0.3, -0.25) is 4.79 Å². The summed E-state index contributed by atoms with van der Waals surface area (Å²) in [6.45, 7) is 8.74. The van der Waals surface area contributed by atoms with Crippen molar-refractivity contribution in [1.29, 1.82) is 0 Å². The summed E-state index contributed by atoms with van der Waals surface area (Å²) >= 11 is 0. The third kappa shape index (κ3) is 4.30. The van der Waals surface area contributed by atoms with Gasteiger partial charge in [-0.05, 0) is 80.8 Å². The molecule has 0 N–H and O–H groups in total. The molecule has 2 atom stereocenters. The normalized spacial score (nSPS) is 32.7. The molecule has 31 heavy (non-hydrogen) atoms. The fourth-order valence-electron chi connectivity index (χ4n) is 6.77. The third-order valence-electron chi connectivity index (χ3n) is 8.77. The lowest BCUT2D eigenvalue weighted by Gasteiger charge is -2.43. The average Bonchev–Trinajstić information content (AvgIpc) is 3.41. The van der Waals surface area contributed by atoms with E-state index in [0.29, 0.717) is 17.9 Å². The number of hydrogen-bond donors (Lipinski definition) is 0. The maximum Gasteiger partial charge on any atom is 0.234 e. The minimum atomic E-state index is 0.0345. The van der Waals surface area contributed by atoms with Gasteiger partial charge in [0.1, 0.15) is 0 Å². The van der Waals surface area contributed by atoms with Crippen molar-refractivity contribution in [2.24, 2.45) is 17.8 Å².